The first-order valence-electron chi connectivity index (χ1n) is 2.42. The Morgan fingerprint density at radius 1 is 1.33 bits per heavy atom. The van der Waals surface area contributed by atoms with Gasteiger partial charge in [0.25, 0.3) is 0 Å². The van der Waals surface area contributed by atoms with Crippen LogP contribution >= 0.6 is 0 Å². The number of carbonyl (C=O) groups excluding carboxylic acids is 3. The summed E-state index contributed by atoms with van der Waals surface area (Å²) in [4.78, 5) is 26.4. The first-order valence-corrected chi connectivity index (χ1v) is 2.42. The lowest BCUT2D eigenvalue weighted by atomic mass is 10.8. The third-order valence-electron chi connectivity index (χ3n) is 0.287. The second-order valence-corrected chi connectivity index (χ2v) is 0.931. The Hall–Kier alpha value is -1.27. The van der Waals surface area contributed by atoms with Crippen LogP contribution in [-0.2, 0) is 19.1 Å². The van der Waals surface area contributed by atoms with Crippen molar-refractivity contribution in [1.82, 2.24) is 0 Å². The fourth-order valence-electron chi connectivity index (χ4n) is 0. The molecule has 0 amide bonds. The maximum absolute atomic E-state index is 9.59. The lowest BCUT2D eigenvalue weighted by Gasteiger charge is -1.80. The van der Waals surface area contributed by atoms with Crippen LogP contribution in [-0.4, -0.2) is 37.1 Å². The summed E-state index contributed by atoms with van der Waals surface area (Å²) in [5.74, 6) is -0.245. The fraction of sp³-hybridized carbons (Fsp3) is 0.500. The highest BCUT2D eigenvalue weighted by molar-refractivity contribution is 5.65. The lowest BCUT2D eigenvalue weighted by molar-refractivity contribution is -0.137. The van der Waals surface area contributed by atoms with E-state index in [1.165, 1.54) is 21.0 Å². The number of hydrogen-bond acceptors (Lipinski definition) is 6. The Kier molecular flexibility index (Phi) is 137. The lowest BCUT2D eigenvalue weighted by Crippen LogP contribution is -1.88. The molecule has 0 aromatic rings. The second-order valence-electron chi connectivity index (χ2n) is 0.931. The minimum absolute atomic E-state index is 0. The molecule has 0 saturated carbocycles. The van der Waals surface area contributed by atoms with Crippen molar-refractivity contribution < 1.29 is 30.1 Å². The molecule has 6 heteroatoms. The molecule has 0 rings (SSSR count). The Bertz CT molecular complexity index is 82.1. The van der Waals surface area contributed by atoms with Crippen molar-refractivity contribution in [3.63, 3.8) is 0 Å². The molecule has 0 aromatic carbocycles. The van der Waals surface area contributed by atoms with E-state index in [1.807, 2.05) is 6.79 Å². The van der Waals surface area contributed by atoms with E-state index < -0.39 is 0 Å². The Morgan fingerprint density at radius 3 is 1.42 bits per heavy atom. The predicted molar refractivity (Wildman–Crippen MR) is 40.4 cm³/mol. The van der Waals surface area contributed by atoms with E-state index in [2.05, 4.69) is 4.74 Å². The van der Waals surface area contributed by atoms with Crippen molar-refractivity contribution in [2.45, 2.75) is 13.8 Å². The van der Waals surface area contributed by atoms with E-state index in [0.29, 0.717) is 0 Å². The van der Waals surface area contributed by atoms with Gasteiger partial charge < -0.3 is 25.3 Å². The van der Waals surface area contributed by atoms with Crippen molar-refractivity contribution in [2.24, 2.45) is 0 Å². The maximum Gasteiger partial charge on any atom is 0.302 e. The Labute approximate surface area is 71.1 Å². The molecule has 0 spiro atoms. The molecule has 6 nitrogen and oxygen atoms in total. The van der Waals surface area contributed by atoms with Crippen LogP contribution in [0, 0.1) is 0 Å². The standard InChI is InChI=1S/C3H6O2.C2H4O.CH2O.2H2O/c1-3(4)5-2;1-2-3;1-2;;/h1-2H3;2H,1H3;1H2;2*1H2/p-2. The molecule has 0 aromatic heterocycles. The highest BCUT2D eigenvalue weighted by Gasteiger charge is 1.75. The monoisotopic (exact) mass is 182 g/mol. The summed E-state index contributed by atoms with van der Waals surface area (Å²) in [7, 11) is 1.35. The van der Waals surface area contributed by atoms with Gasteiger partial charge in [0, 0.05) is 6.92 Å². The zero-order chi connectivity index (χ0) is 8.99. The largest absolute Gasteiger partial charge is 0.870 e. The van der Waals surface area contributed by atoms with E-state index in [4.69, 9.17) is 9.59 Å². The van der Waals surface area contributed by atoms with Crippen LogP contribution in [0.4, 0.5) is 0 Å². The molecule has 0 unspecified atom stereocenters. The molecule has 2 N–H and O–H groups in total. The molecule has 0 heterocycles. The van der Waals surface area contributed by atoms with Gasteiger partial charge in [-0.15, -0.1) is 0 Å². The molecular weight excluding hydrogens is 168 g/mol. The number of methoxy groups -OCH3 is 1. The van der Waals surface area contributed by atoms with Gasteiger partial charge in [-0.3, -0.25) is 4.79 Å². The maximum atomic E-state index is 9.59. The number of esters is 1. The van der Waals surface area contributed by atoms with E-state index >= 15 is 0 Å². The van der Waals surface area contributed by atoms with E-state index in [-0.39, 0.29) is 16.9 Å². The minimum atomic E-state index is -0.245. The van der Waals surface area contributed by atoms with Crippen LogP contribution < -0.4 is 0 Å². The number of rotatable bonds is 0. The van der Waals surface area contributed by atoms with Crippen LogP contribution in [0.3, 0.4) is 0 Å². The van der Waals surface area contributed by atoms with Gasteiger partial charge in [0.1, 0.15) is 13.1 Å². The highest BCUT2D eigenvalue weighted by Crippen LogP contribution is 1.60. The molecule has 12 heavy (non-hydrogen) atoms. The van der Waals surface area contributed by atoms with Crippen LogP contribution in [0.1, 0.15) is 13.8 Å². The van der Waals surface area contributed by atoms with Crippen molar-refractivity contribution in [3.05, 3.63) is 0 Å². The van der Waals surface area contributed by atoms with Crippen molar-refractivity contribution in [1.29, 1.82) is 0 Å². The van der Waals surface area contributed by atoms with Crippen molar-refractivity contribution in [2.75, 3.05) is 7.11 Å². The minimum Gasteiger partial charge on any atom is -0.870 e. The first kappa shape index (κ1) is 30.9. The summed E-state index contributed by atoms with van der Waals surface area (Å²) in [5.41, 5.74) is 0. The van der Waals surface area contributed by atoms with Crippen LogP contribution in [0.5, 0.6) is 0 Å². The zero-order valence-corrected chi connectivity index (χ0v) is 7.31. The third-order valence-corrected chi connectivity index (χ3v) is 0.287. The normalized spacial score (nSPS) is 4.25. The van der Waals surface area contributed by atoms with Gasteiger partial charge in [0.15, 0.2) is 0 Å². The number of ether oxygens (including phenoxy) is 1. The average Bonchev–Trinajstić information content (AvgIpc) is 1.94. The number of hydrogen-bond donors (Lipinski definition) is 0. The average molecular weight is 182 g/mol. The number of carbonyl (C=O) groups is 3. The topological polar surface area (TPSA) is 120 Å². The predicted octanol–water partition coefficient (Wildman–Crippen LogP) is -0.154. The molecule has 0 bridgehead atoms. The molecule has 0 aliphatic rings. The van der Waals surface area contributed by atoms with Crippen molar-refractivity contribution >= 4 is 19.0 Å². The first-order chi connectivity index (χ1) is 4.68. The molecule has 0 atom stereocenters. The summed E-state index contributed by atoms with van der Waals surface area (Å²) in [5, 5.41) is 0. The summed E-state index contributed by atoms with van der Waals surface area (Å²) >= 11 is 0. The molecular formula is C6H14O6-2. The molecule has 0 saturated heterocycles. The van der Waals surface area contributed by atoms with Gasteiger partial charge in [0.2, 0.25) is 0 Å². The molecule has 0 radical (unpaired) electrons. The van der Waals surface area contributed by atoms with Crippen LogP contribution in [0.2, 0.25) is 0 Å². The summed E-state index contributed by atoms with van der Waals surface area (Å²) in [6, 6.07) is 0. The smallest absolute Gasteiger partial charge is 0.302 e. The van der Waals surface area contributed by atoms with Gasteiger partial charge in [-0.2, -0.15) is 0 Å². The summed E-state index contributed by atoms with van der Waals surface area (Å²) in [6.07, 6.45) is 0.750. The van der Waals surface area contributed by atoms with Gasteiger partial charge in [-0.1, -0.05) is 0 Å². The fourth-order valence-corrected chi connectivity index (χ4v) is 0. The Morgan fingerprint density at radius 2 is 1.42 bits per heavy atom. The molecule has 0 fully saturated rings. The Balaban J connectivity index is -0.0000000209. The van der Waals surface area contributed by atoms with Gasteiger partial charge >= 0.3 is 5.97 Å². The molecule has 0 aliphatic carbocycles. The van der Waals surface area contributed by atoms with E-state index in [0.717, 1.165) is 6.29 Å². The SMILES string of the molecule is C=O.CC=O.COC(C)=O.[OH-].[OH-]. The van der Waals surface area contributed by atoms with Gasteiger partial charge in [0.05, 0.1) is 7.11 Å². The highest BCUT2D eigenvalue weighted by atomic mass is 16.5. The quantitative estimate of drug-likeness (QED) is 0.379. The molecule has 76 valence electrons. The summed E-state index contributed by atoms with van der Waals surface area (Å²) in [6.45, 7) is 4.81. The molecule has 0 aliphatic heterocycles. The van der Waals surface area contributed by atoms with Gasteiger partial charge in [-0.25, -0.2) is 0 Å². The van der Waals surface area contributed by atoms with Crippen LogP contribution in [0.25, 0.3) is 0 Å². The third kappa shape index (κ3) is 979. The van der Waals surface area contributed by atoms with Crippen molar-refractivity contribution in [3.8, 4) is 0 Å². The van der Waals surface area contributed by atoms with Gasteiger partial charge in [-0.05, 0) is 6.92 Å². The van der Waals surface area contributed by atoms with Crippen LogP contribution in [0.15, 0.2) is 0 Å². The van der Waals surface area contributed by atoms with E-state index in [1.54, 1.807) is 0 Å². The number of aldehydes is 1. The van der Waals surface area contributed by atoms with E-state index in [9.17, 15) is 4.79 Å². The zero-order valence-electron chi connectivity index (χ0n) is 7.31. The summed E-state index contributed by atoms with van der Waals surface area (Å²) < 4.78 is 4.11. The second kappa shape index (κ2) is 53.3.